The van der Waals surface area contributed by atoms with Crippen LogP contribution in [0, 0.1) is 11.8 Å². The van der Waals surface area contributed by atoms with Crippen molar-refractivity contribution in [2.45, 2.75) is 31.3 Å². The molecule has 1 fully saturated rings. The van der Waals surface area contributed by atoms with E-state index in [-0.39, 0.29) is 11.9 Å². The van der Waals surface area contributed by atoms with Crippen LogP contribution in [-0.2, 0) is 4.74 Å². The molecule has 8 heteroatoms. The molecule has 3 aromatic rings. The topological polar surface area (TPSA) is 126 Å². The summed E-state index contributed by atoms with van der Waals surface area (Å²) in [6, 6.07) is 7.36. The number of aromatic nitrogens is 3. The number of hydrogen-bond acceptors (Lipinski definition) is 6. The number of aliphatic hydroxyl groups is 1. The van der Waals surface area contributed by atoms with E-state index in [2.05, 4.69) is 32.1 Å². The molecule has 1 amide bonds. The molecule has 0 bridgehead atoms. The van der Waals surface area contributed by atoms with Crippen LogP contribution in [0.1, 0.15) is 41.7 Å². The number of carbonyl (C=O) groups is 1. The van der Waals surface area contributed by atoms with Crippen LogP contribution < -0.4 is 11.1 Å². The molecule has 0 radical (unpaired) electrons. The average molecular weight is 419 g/mol. The molecule has 2 heterocycles. The molecule has 0 unspecified atom stereocenters. The number of H-pyrrole nitrogens is 1. The Hall–Kier alpha value is -3.41. The third kappa shape index (κ3) is 4.53. The highest BCUT2D eigenvalue weighted by atomic mass is 16.5. The second-order valence-corrected chi connectivity index (χ2v) is 7.67. The molecule has 0 saturated heterocycles. The molecule has 5 N–H and O–H groups in total. The standard InChI is InChI=1S/C23H25N5O3/c1-31-13-12-25-21(29)20-19(18-7-11-26-22(24)28-18)16-14-15(4-5-17(16)27-20)6-10-23(30)8-2-3-9-23/h4-5,7,11,14,27,30H,2-3,8-9,12-13H2,1H3,(H,25,29)(H2,24,26,28). The zero-order chi connectivity index (χ0) is 21.8. The summed E-state index contributed by atoms with van der Waals surface area (Å²) in [6.45, 7) is 0.787. The van der Waals surface area contributed by atoms with E-state index in [1.807, 2.05) is 18.2 Å². The number of nitrogens with one attached hydrogen (secondary N) is 2. The predicted octanol–water partition coefficient (Wildman–Crippen LogP) is 2.24. The van der Waals surface area contributed by atoms with Crippen LogP contribution in [0.2, 0.25) is 0 Å². The Labute approximate surface area is 180 Å². The molecule has 0 aliphatic heterocycles. The minimum absolute atomic E-state index is 0.122. The van der Waals surface area contributed by atoms with E-state index in [9.17, 15) is 9.90 Å². The first-order valence-corrected chi connectivity index (χ1v) is 10.3. The highest BCUT2D eigenvalue weighted by Crippen LogP contribution is 2.33. The molecular weight excluding hydrogens is 394 g/mol. The first-order valence-electron chi connectivity index (χ1n) is 10.3. The van der Waals surface area contributed by atoms with E-state index in [0.717, 1.165) is 29.3 Å². The number of rotatable bonds is 5. The lowest BCUT2D eigenvalue weighted by Gasteiger charge is -2.12. The van der Waals surface area contributed by atoms with E-state index in [1.165, 1.54) is 0 Å². The number of hydrogen-bond donors (Lipinski definition) is 4. The molecule has 2 aromatic heterocycles. The number of methoxy groups -OCH3 is 1. The van der Waals surface area contributed by atoms with Crippen LogP contribution in [-0.4, -0.2) is 51.8 Å². The summed E-state index contributed by atoms with van der Waals surface area (Å²) in [6.07, 6.45) is 4.93. The third-order valence-electron chi connectivity index (χ3n) is 5.42. The number of ether oxygens (including phenoxy) is 1. The normalized spacial score (nSPS) is 14.9. The Bertz CT molecular complexity index is 1170. The minimum atomic E-state index is -0.913. The molecule has 1 saturated carbocycles. The number of nitrogens with zero attached hydrogens (tertiary/aromatic N) is 2. The lowest BCUT2D eigenvalue weighted by molar-refractivity contribution is 0.0933. The highest BCUT2D eigenvalue weighted by molar-refractivity contribution is 6.09. The van der Waals surface area contributed by atoms with Crippen molar-refractivity contribution in [2.24, 2.45) is 0 Å². The number of nitrogens with two attached hydrogens (primary N) is 1. The maximum Gasteiger partial charge on any atom is 0.268 e. The van der Waals surface area contributed by atoms with E-state index in [0.29, 0.717) is 42.9 Å². The fourth-order valence-corrected chi connectivity index (χ4v) is 3.85. The number of fused-ring (bicyclic) bond motifs is 1. The van der Waals surface area contributed by atoms with Gasteiger partial charge < -0.3 is 25.9 Å². The molecule has 160 valence electrons. The fraction of sp³-hybridized carbons (Fsp3) is 0.348. The molecular formula is C23H25N5O3. The van der Waals surface area contributed by atoms with Gasteiger partial charge in [0.05, 0.1) is 12.3 Å². The van der Waals surface area contributed by atoms with Gasteiger partial charge in [-0.15, -0.1) is 0 Å². The van der Waals surface area contributed by atoms with Gasteiger partial charge in [-0.2, -0.15) is 0 Å². The van der Waals surface area contributed by atoms with Crippen molar-refractivity contribution in [1.82, 2.24) is 20.3 Å². The quantitative estimate of drug-likeness (QED) is 0.371. The molecule has 4 rings (SSSR count). The molecule has 1 aliphatic rings. The van der Waals surface area contributed by atoms with Crippen LogP contribution in [0.4, 0.5) is 5.95 Å². The minimum Gasteiger partial charge on any atom is -0.383 e. The summed E-state index contributed by atoms with van der Waals surface area (Å²) in [5, 5.41) is 14.2. The number of nitrogen functional groups attached to an aromatic ring is 1. The summed E-state index contributed by atoms with van der Waals surface area (Å²) in [7, 11) is 1.58. The summed E-state index contributed by atoms with van der Waals surface area (Å²) in [4.78, 5) is 24.3. The predicted molar refractivity (Wildman–Crippen MR) is 118 cm³/mol. The van der Waals surface area contributed by atoms with Crippen LogP contribution in [0.3, 0.4) is 0 Å². The number of anilines is 1. The monoisotopic (exact) mass is 419 g/mol. The van der Waals surface area contributed by atoms with Crippen LogP contribution in [0.5, 0.6) is 0 Å². The number of benzene rings is 1. The van der Waals surface area contributed by atoms with Crippen molar-refractivity contribution >= 4 is 22.8 Å². The van der Waals surface area contributed by atoms with Gasteiger partial charge in [0, 0.05) is 41.9 Å². The van der Waals surface area contributed by atoms with Crippen LogP contribution in [0.15, 0.2) is 30.5 Å². The molecule has 1 aromatic carbocycles. The zero-order valence-electron chi connectivity index (χ0n) is 17.4. The smallest absolute Gasteiger partial charge is 0.268 e. The lowest BCUT2D eigenvalue weighted by atomic mass is 10.0. The van der Waals surface area contributed by atoms with Gasteiger partial charge in [0.2, 0.25) is 5.95 Å². The largest absolute Gasteiger partial charge is 0.383 e. The highest BCUT2D eigenvalue weighted by Gasteiger charge is 2.28. The van der Waals surface area contributed by atoms with E-state index < -0.39 is 5.60 Å². The molecule has 0 atom stereocenters. The van der Waals surface area contributed by atoms with E-state index in [1.54, 1.807) is 19.4 Å². The maximum atomic E-state index is 12.9. The van der Waals surface area contributed by atoms with Crippen LogP contribution in [0.25, 0.3) is 22.2 Å². The Morgan fingerprint density at radius 1 is 1.35 bits per heavy atom. The lowest BCUT2D eigenvalue weighted by Crippen LogP contribution is -2.27. The first kappa shape index (κ1) is 20.8. The number of aromatic amines is 1. The van der Waals surface area contributed by atoms with Gasteiger partial charge in [0.1, 0.15) is 11.3 Å². The van der Waals surface area contributed by atoms with Gasteiger partial charge in [-0.1, -0.05) is 11.8 Å². The van der Waals surface area contributed by atoms with Crippen molar-refractivity contribution in [3.63, 3.8) is 0 Å². The molecule has 0 spiro atoms. The first-order chi connectivity index (χ1) is 15.0. The summed E-state index contributed by atoms with van der Waals surface area (Å²) in [5.74, 6) is 5.98. The molecule has 1 aliphatic carbocycles. The van der Waals surface area contributed by atoms with Crippen molar-refractivity contribution in [3.05, 3.63) is 41.7 Å². The van der Waals surface area contributed by atoms with Crippen molar-refractivity contribution < 1.29 is 14.6 Å². The van der Waals surface area contributed by atoms with Gasteiger partial charge in [-0.25, -0.2) is 9.97 Å². The fourth-order valence-electron chi connectivity index (χ4n) is 3.85. The van der Waals surface area contributed by atoms with Crippen LogP contribution >= 0.6 is 0 Å². The summed E-state index contributed by atoms with van der Waals surface area (Å²) in [5.41, 5.74) is 7.95. The second kappa shape index (κ2) is 8.76. The van der Waals surface area contributed by atoms with Crippen molar-refractivity contribution in [1.29, 1.82) is 0 Å². The van der Waals surface area contributed by atoms with Gasteiger partial charge in [-0.05, 0) is 49.9 Å². The van der Waals surface area contributed by atoms with Gasteiger partial charge >= 0.3 is 0 Å². The Morgan fingerprint density at radius 3 is 2.90 bits per heavy atom. The van der Waals surface area contributed by atoms with Gasteiger partial charge in [-0.3, -0.25) is 4.79 Å². The number of amides is 1. The van der Waals surface area contributed by atoms with Gasteiger partial charge in [0.25, 0.3) is 5.91 Å². The summed E-state index contributed by atoms with van der Waals surface area (Å²) < 4.78 is 5.01. The Balaban J connectivity index is 1.79. The second-order valence-electron chi connectivity index (χ2n) is 7.67. The van der Waals surface area contributed by atoms with E-state index in [4.69, 9.17) is 10.5 Å². The zero-order valence-corrected chi connectivity index (χ0v) is 17.4. The summed E-state index contributed by atoms with van der Waals surface area (Å²) >= 11 is 0. The van der Waals surface area contributed by atoms with Gasteiger partial charge in [0.15, 0.2) is 0 Å². The molecule has 31 heavy (non-hydrogen) atoms. The third-order valence-corrected chi connectivity index (χ3v) is 5.42. The maximum absolute atomic E-state index is 12.9. The van der Waals surface area contributed by atoms with E-state index >= 15 is 0 Å². The van der Waals surface area contributed by atoms with Crippen molar-refractivity contribution in [2.75, 3.05) is 26.0 Å². The number of carbonyl (C=O) groups excluding carboxylic acids is 1. The Morgan fingerprint density at radius 2 is 2.16 bits per heavy atom. The SMILES string of the molecule is COCCNC(=O)c1[nH]c2ccc(C#CC3(O)CCCC3)cc2c1-c1ccnc(N)n1. The van der Waals surface area contributed by atoms with Crippen molar-refractivity contribution in [3.8, 4) is 23.1 Å². The molecule has 8 nitrogen and oxygen atoms in total. The Kier molecular flexibility index (Phi) is 5.89. The average Bonchev–Trinajstić information content (AvgIpc) is 3.36.